The summed E-state index contributed by atoms with van der Waals surface area (Å²) in [4.78, 5) is 16.0. The number of amides is 1. The lowest BCUT2D eigenvalue weighted by Crippen LogP contribution is -2.38. The number of hydrogen-bond donors (Lipinski definition) is 3. The van der Waals surface area contributed by atoms with Gasteiger partial charge in [0.25, 0.3) is 0 Å². The molecule has 0 aliphatic carbocycles. The molecule has 0 radical (unpaired) electrons. The van der Waals surface area contributed by atoms with Crippen molar-refractivity contribution in [2.75, 3.05) is 11.9 Å². The summed E-state index contributed by atoms with van der Waals surface area (Å²) in [7, 11) is 0. The molecule has 1 heterocycles. The molecule has 1 aromatic heterocycles. The highest BCUT2D eigenvalue weighted by molar-refractivity contribution is 5.68. The molecule has 24 heavy (non-hydrogen) atoms. The number of rotatable bonds is 5. The molecule has 0 fully saturated rings. The highest BCUT2D eigenvalue weighted by Crippen LogP contribution is 2.19. The molecule has 1 aromatic carbocycles. The number of benzene rings is 1. The van der Waals surface area contributed by atoms with Gasteiger partial charge < -0.3 is 15.4 Å². The van der Waals surface area contributed by atoms with Crippen LogP contribution in [0.4, 0.5) is 10.5 Å². The molecule has 1 amide bonds. The molecule has 0 aliphatic heterocycles. The molecule has 3 N–H and O–H groups in total. The highest BCUT2D eigenvalue weighted by atomic mass is 16.6. The summed E-state index contributed by atoms with van der Waals surface area (Å²) in [5, 5.41) is 13.1. The summed E-state index contributed by atoms with van der Waals surface area (Å²) in [6, 6.07) is 7.88. The summed E-state index contributed by atoms with van der Waals surface area (Å²) < 4.78 is 5.22. The molecule has 1 unspecified atom stereocenters. The standard InChI is InChI=1S/C17H25N5O2/c1-11(10-18-16(23)24-17(3,4)5)19-14-8-6-7-13(9-14)15-20-12(2)21-22-15/h6-9,11,19H,10H2,1-5H3,(H,18,23)(H,20,21,22). The van der Waals surface area contributed by atoms with Crippen LogP contribution >= 0.6 is 0 Å². The summed E-state index contributed by atoms with van der Waals surface area (Å²) in [6.07, 6.45) is -0.416. The van der Waals surface area contributed by atoms with Crippen molar-refractivity contribution in [3.63, 3.8) is 0 Å². The maximum absolute atomic E-state index is 11.7. The van der Waals surface area contributed by atoms with Gasteiger partial charge in [-0.25, -0.2) is 9.78 Å². The SMILES string of the molecule is Cc1nc(-c2cccc(NC(C)CNC(=O)OC(C)(C)C)c2)n[nH]1. The van der Waals surface area contributed by atoms with Crippen LogP contribution in [0.3, 0.4) is 0 Å². The number of aromatic amines is 1. The fourth-order valence-electron chi connectivity index (χ4n) is 2.11. The number of anilines is 1. The molecule has 7 nitrogen and oxygen atoms in total. The van der Waals surface area contributed by atoms with Crippen LogP contribution < -0.4 is 10.6 Å². The predicted octanol–water partition coefficient (Wildman–Crippen LogP) is 3.11. The Bertz CT molecular complexity index is 690. The van der Waals surface area contributed by atoms with Crippen molar-refractivity contribution in [1.29, 1.82) is 0 Å². The first-order valence-electron chi connectivity index (χ1n) is 7.96. The van der Waals surface area contributed by atoms with E-state index in [0.29, 0.717) is 12.4 Å². The largest absolute Gasteiger partial charge is 0.444 e. The van der Waals surface area contributed by atoms with Crippen LogP contribution in [-0.2, 0) is 4.74 Å². The lowest BCUT2D eigenvalue weighted by Gasteiger charge is -2.21. The van der Waals surface area contributed by atoms with Crippen molar-refractivity contribution in [3.8, 4) is 11.4 Å². The van der Waals surface area contributed by atoms with Gasteiger partial charge in [-0.2, -0.15) is 5.10 Å². The van der Waals surface area contributed by atoms with E-state index >= 15 is 0 Å². The first-order chi connectivity index (χ1) is 11.2. The molecular weight excluding hydrogens is 306 g/mol. The van der Waals surface area contributed by atoms with E-state index in [1.807, 2.05) is 58.9 Å². The van der Waals surface area contributed by atoms with Gasteiger partial charge in [-0.15, -0.1) is 0 Å². The van der Waals surface area contributed by atoms with Crippen molar-refractivity contribution in [2.45, 2.75) is 46.3 Å². The van der Waals surface area contributed by atoms with E-state index in [1.165, 1.54) is 0 Å². The fourth-order valence-corrected chi connectivity index (χ4v) is 2.11. The van der Waals surface area contributed by atoms with Gasteiger partial charge in [0.1, 0.15) is 11.4 Å². The number of H-pyrrole nitrogens is 1. The lowest BCUT2D eigenvalue weighted by atomic mass is 10.2. The van der Waals surface area contributed by atoms with E-state index < -0.39 is 11.7 Å². The molecule has 130 valence electrons. The van der Waals surface area contributed by atoms with E-state index in [0.717, 1.165) is 17.1 Å². The molecule has 2 rings (SSSR count). The summed E-state index contributed by atoms with van der Waals surface area (Å²) in [6.45, 7) is 9.82. The number of hydrogen-bond acceptors (Lipinski definition) is 5. The van der Waals surface area contributed by atoms with Crippen LogP contribution in [-0.4, -0.2) is 39.5 Å². The first kappa shape index (κ1) is 17.8. The molecule has 0 spiro atoms. The first-order valence-corrected chi connectivity index (χ1v) is 7.96. The van der Waals surface area contributed by atoms with E-state index in [2.05, 4.69) is 25.8 Å². The second kappa shape index (κ2) is 7.33. The normalized spacial score (nSPS) is 12.5. The van der Waals surface area contributed by atoms with Gasteiger partial charge in [-0.1, -0.05) is 12.1 Å². The Morgan fingerprint density at radius 1 is 1.38 bits per heavy atom. The van der Waals surface area contributed by atoms with Crippen LogP contribution in [0.5, 0.6) is 0 Å². The molecule has 1 atom stereocenters. The van der Waals surface area contributed by atoms with Crippen LogP contribution in [0, 0.1) is 6.92 Å². The fraction of sp³-hybridized carbons (Fsp3) is 0.471. The quantitative estimate of drug-likeness (QED) is 0.783. The second-order valence-electron chi connectivity index (χ2n) is 6.75. The van der Waals surface area contributed by atoms with Crippen molar-refractivity contribution in [1.82, 2.24) is 20.5 Å². The van der Waals surface area contributed by atoms with Gasteiger partial charge in [-0.05, 0) is 46.8 Å². The maximum atomic E-state index is 11.7. The van der Waals surface area contributed by atoms with Crippen molar-refractivity contribution in [2.24, 2.45) is 0 Å². The summed E-state index contributed by atoms with van der Waals surface area (Å²) >= 11 is 0. The molecule has 2 aromatic rings. The van der Waals surface area contributed by atoms with Crippen LogP contribution in [0.1, 0.15) is 33.5 Å². The Morgan fingerprint density at radius 3 is 2.75 bits per heavy atom. The second-order valence-corrected chi connectivity index (χ2v) is 6.75. The molecule has 7 heteroatoms. The Kier molecular flexibility index (Phi) is 5.43. The molecule has 0 aliphatic rings. The lowest BCUT2D eigenvalue weighted by molar-refractivity contribution is 0.0526. The number of carbonyl (C=O) groups excluding carboxylic acids is 1. The van der Waals surface area contributed by atoms with Gasteiger partial charge in [0.05, 0.1) is 0 Å². The number of carbonyl (C=O) groups is 1. The third-order valence-electron chi connectivity index (χ3n) is 3.08. The topological polar surface area (TPSA) is 91.9 Å². The Balaban J connectivity index is 1.90. The number of nitrogens with zero attached hydrogens (tertiary/aromatic N) is 2. The van der Waals surface area contributed by atoms with Crippen LogP contribution in [0.15, 0.2) is 24.3 Å². The van der Waals surface area contributed by atoms with E-state index in [1.54, 1.807) is 0 Å². The minimum Gasteiger partial charge on any atom is -0.444 e. The zero-order chi connectivity index (χ0) is 17.7. The zero-order valence-electron chi connectivity index (χ0n) is 14.8. The van der Waals surface area contributed by atoms with Crippen molar-refractivity contribution in [3.05, 3.63) is 30.1 Å². The number of aryl methyl sites for hydroxylation is 1. The van der Waals surface area contributed by atoms with E-state index in [9.17, 15) is 4.79 Å². The number of ether oxygens (including phenoxy) is 1. The Hall–Kier alpha value is -2.57. The van der Waals surface area contributed by atoms with E-state index in [-0.39, 0.29) is 6.04 Å². The average Bonchev–Trinajstić information content (AvgIpc) is 2.90. The number of alkyl carbamates (subject to hydrolysis) is 1. The predicted molar refractivity (Wildman–Crippen MR) is 93.9 cm³/mol. The van der Waals surface area contributed by atoms with Crippen LogP contribution in [0.2, 0.25) is 0 Å². The third-order valence-corrected chi connectivity index (χ3v) is 3.08. The maximum Gasteiger partial charge on any atom is 0.407 e. The van der Waals surface area contributed by atoms with Crippen molar-refractivity contribution >= 4 is 11.8 Å². The van der Waals surface area contributed by atoms with Gasteiger partial charge in [0, 0.05) is 23.8 Å². The van der Waals surface area contributed by atoms with Gasteiger partial charge in [0.2, 0.25) is 0 Å². The number of aromatic nitrogens is 3. The monoisotopic (exact) mass is 331 g/mol. The van der Waals surface area contributed by atoms with Gasteiger partial charge in [-0.3, -0.25) is 5.10 Å². The smallest absolute Gasteiger partial charge is 0.407 e. The molecule has 0 saturated carbocycles. The molecular formula is C17H25N5O2. The molecule has 0 saturated heterocycles. The molecule has 0 bridgehead atoms. The van der Waals surface area contributed by atoms with Gasteiger partial charge in [0.15, 0.2) is 5.82 Å². The minimum absolute atomic E-state index is 0.0432. The minimum atomic E-state index is -0.496. The van der Waals surface area contributed by atoms with Crippen molar-refractivity contribution < 1.29 is 9.53 Å². The van der Waals surface area contributed by atoms with Crippen LogP contribution in [0.25, 0.3) is 11.4 Å². The van der Waals surface area contributed by atoms with E-state index in [4.69, 9.17) is 4.74 Å². The average molecular weight is 331 g/mol. The zero-order valence-corrected chi connectivity index (χ0v) is 14.8. The summed E-state index contributed by atoms with van der Waals surface area (Å²) in [5.74, 6) is 1.44. The Morgan fingerprint density at radius 2 is 2.12 bits per heavy atom. The third kappa shape index (κ3) is 5.57. The highest BCUT2D eigenvalue weighted by Gasteiger charge is 2.16. The Labute approximate surface area is 142 Å². The number of nitrogens with one attached hydrogen (secondary N) is 3. The summed E-state index contributed by atoms with van der Waals surface area (Å²) in [5.41, 5.74) is 1.37. The van der Waals surface area contributed by atoms with Gasteiger partial charge >= 0.3 is 6.09 Å².